The van der Waals surface area contributed by atoms with Crippen LogP contribution in [0.5, 0.6) is 0 Å². The Hall–Kier alpha value is -2.57. The maximum Gasteiger partial charge on any atom is 0.328 e. The van der Waals surface area contributed by atoms with Crippen molar-refractivity contribution in [1.82, 2.24) is 10.3 Å². The Labute approximate surface area is 211 Å². The number of aryl methyl sites for hydroxylation is 2. The van der Waals surface area contributed by atoms with Crippen LogP contribution in [0.1, 0.15) is 60.6 Å². The summed E-state index contributed by atoms with van der Waals surface area (Å²) in [6, 6.07) is 8.30. The number of allylic oxidation sites excluding steroid dienone is 1. The Morgan fingerprint density at radius 1 is 1.21 bits per heavy atom. The lowest BCUT2D eigenvalue weighted by molar-refractivity contribution is -0.142. The molecule has 1 aromatic carbocycles. The highest BCUT2D eigenvalue weighted by atomic mass is 35.5. The van der Waals surface area contributed by atoms with Crippen LogP contribution in [0.15, 0.2) is 42.0 Å². The van der Waals surface area contributed by atoms with Gasteiger partial charge in [0.25, 0.3) is 5.91 Å². The molecule has 1 amide bonds. The Kier molecular flexibility index (Phi) is 9.78. The molecule has 6 nitrogen and oxygen atoms in total. The molecule has 1 aliphatic rings. The lowest BCUT2D eigenvalue weighted by atomic mass is 10.0. The van der Waals surface area contributed by atoms with Gasteiger partial charge in [0.2, 0.25) is 0 Å². The molecule has 0 radical (unpaired) electrons. The molecule has 0 bridgehead atoms. The van der Waals surface area contributed by atoms with Gasteiger partial charge >= 0.3 is 5.97 Å². The molecule has 3 rings (SSSR count). The molecule has 0 unspecified atom stereocenters. The van der Waals surface area contributed by atoms with Crippen molar-refractivity contribution in [2.75, 3.05) is 19.0 Å². The van der Waals surface area contributed by atoms with Crippen LogP contribution < -0.4 is 10.6 Å². The maximum atomic E-state index is 12.7. The minimum Gasteiger partial charge on any atom is -0.467 e. The van der Waals surface area contributed by atoms with Crippen molar-refractivity contribution in [2.24, 2.45) is 0 Å². The van der Waals surface area contributed by atoms with Crippen LogP contribution in [0.4, 0.5) is 5.82 Å². The second-order valence-electron chi connectivity index (χ2n) is 8.48. The summed E-state index contributed by atoms with van der Waals surface area (Å²) in [4.78, 5) is 29.7. The highest BCUT2D eigenvalue weighted by Gasteiger charge is 2.23. The number of pyridine rings is 1. The number of anilines is 1. The normalized spacial score (nSPS) is 14.1. The minimum absolute atomic E-state index is 0.145. The zero-order valence-electron chi connectivity index (χ0n) is 19.6. The van der Waals surface area contributed by atoms with E-state index in [1.165, 1.54) is 12.7 Å². The largest absolute Gasteiger partial charge is 0.467 e. The van der Waals surface area contributed by atoms with Gasteiger partial charge in [-0.05, 0) is 75.6 Å². The number of rotatable bonds is 10. The number of nitrogens with zero attached hydrogens (tertiary/aromatic N) is 1. The van der Waals surface area contributed by atoms with Gasteiger partial charge in [-0.3, -0.25) is 4.79 Å². The molecule has 0 fully saturated rings. The van der Waals surface area contributed by atoms with Gasteiger partial charge in [0.05, 0.1) is 22.7 Å². The van der Waals surface area contributed by atoms with Gasteiger partial charge in [-0.2, -0.15) is 0 Å². The van der Waals surface area contributed by atoms with E-state index < -0.39 is 17.9 Å². The van der Waals surface area contributed by atoms with Crippen molar-refractivity contribution in [2.45, 2.75) is 57.9 Å². The molecular formula is C26H31Cl2N3O3. The molecule has 2 N–H and O–H groups in total. The van der Waals surface area contributed by atoms with Gasteiger partial charge in [0, 0.05) is 12.2 Å². The van der Waals surface area contributed by atoms with Crippen molar-refractivity contribution in [3.05, 3.63) is 68.8 Å². The fourth-order valence-corrected chi connectivity index (χ4v) is 4.51. The number of hydrogen-bond donors (Lipinski definition) is 2. The number of benzene rings is 1. The van der Waals surface area contributed by atoms with E-state index in [1.807, 2.05) is 13.0 Å². The number of esters is 1. The first-order valence-corrected chi connectivity index (χ1v) is 12.4. The highest BCUT2D eigenvalue weighted by molar-refractivity contribution is 6.39. The van der Waals surface area contributed by atoms with E-state index in [0.29, 0.717) is 6.42 Å². The number of halogens is 2. The zero-order valence-corrected chi connectivity index (χ0v) is 21.1. The second kappa shape index (κ2) is 12.8. The topological polar surface area (TPSA) is 80.3 Å². The van der Waals surface area contributed by atoms with Gasteiger partial charge in [-0.1, -0.05) is 47.0 Å². The lowest BCUT2D eigenvalue weighted by Crippen LogP contribution is -2.41. The molecule has 2 aromatic rings. The van der Waals surface area contributed by atoms with E-state index in [-0.39, 0.29) is 15.6 Å². The van der Waals surface area contributed by atoms with E-state index in [2.05, 4.69) is 22.8 Å². The molecule has 1 aliphatic heterocycles. The van der Waals surface area contributed by atoms with Crippen molar-refractivity contribution < 1.29 is 14.3 Å². The quantitative estimate of drug-likeness (QED) is 0.244. The van der Waals surface area contributed by atoms with E-state index >= 15 is 0 Å². The molecule has 0 spiro atoms. The number of carbonyl (C=O) groups is 2. The third-order valence-corrected chi connectivity index (χ3v) is 6.52. The highest BCUT2D eigenvalue weighted by Crippen LogP contribution is 2.24. The van der Waals surface area contributed by atoms with Gasteiger partial charge in [0.1, 0.15) is 11.9 Å². The number of unbranched alkanes of at least 4 members (excludes halogenated alkanes) is 1. The number of ether oxygens (including phenoxy) is 1. The standard InChI is InChI=1S/C26H31Cl2N3O3/c1-17(7-3-4-9-19-14-13-18-8-6-16-29-24(18)30-19)12-15-22(26(33)34-2)31-25(32)23-20(27)10-5-11-21(23)28/h5,10-14,22H,3-4,6-9,15-16H2,1-2H3,(H,29,30)(H,31,32)/b17-12+/t22-/m0/s1. The average molecular weight is 504 g/mol. The van der Waals surface area contributed by atoms with Crippen molar-refractivity contribution in [1.29, 1.82) is 0 Å². The fraction of sp³-hybridized carbons (Fsp3) is 0.423. The molecule has 0 saturated carbocycles. The predicted molar refractivity (Wildman–Crippen MR) is 137 cm³/mol. The number of carbonyl (C=O) groups excluding carboxylic acids is 2. The SMILES string of the molecule is COC(=O)[C@H](C/C=C(\C)CCCCc1ccc2c(n1)NCCC2)NC(=O)c1c(Cl)cccc1Cl. The summed E-state index contributed by atoms with van der Waals surface area (Å²) in [7, 11) is 1.30. The Bertz CT molecular complexity index is 1040. The molecule has 0 aliphatic carbocycles. The number of hydrogen-bond acceptors (Lipinski definition) is 5. The van der Waals surface area contributed by atoms with Crippen LogP contribution >= 0.6 is 23.2 Å². The molecule has 0 saturated heterocycles. The second-order valence-corrected chi connectivity index (χ2v) is 9.29. The van der Waals surface area contributed by atoms with Crippen molar-refractivity contribution in [3.63, 3.8) is 0 Å². The van der Waals surface area contributed by atoms with Gasteiger partial charge in [0.15, 0.2) is 0 Å². The van der Waals surface area contributed by atoms with E-state index in [1.54, 1.807) is 18.2 Å². The van der Waals surface area contributed by atoms with Crippen molar-refractivity contribution >= 4 is 40.9 Å². The summed E-state index contributed by atoms with van der Waals surface area (Å²) in [6.07, 6.45) is 8.43. The number of methoxy groups -OCH3 is 1. The van der Waals surface area contributed by atoms with Crippen LogP contribution in [0.3, 0.4) is 0 Å². The average Bonchev–Trinajstić information content (AvgIpc) is 2.83. The fourth-order valence-electron chi connectivity index (χ4n) is 3.94. The molecule has 1 aromatic heterocycles. The van der Waals surface area contributed by atoms with Crippen LogP contribution in [-0.2, 0) is 22.4 Å². The summed E-state index contributed by atoms with van der Waals surface area (Å²) >= 11 is 12.2. The summed E-state index contributed by atoms with van der Waals surface area (Å²) in [5.74, 6) is 0.00515. The van der Waals surface area contributed by atoms with Crippen LogP contribution in [-0.4, -0.2) is 36.6 Å². The molecule has 182 valence electrons. The van der Waals surface area contributed by atoms with Gasteiger partial charge in [-0.25, -0.2) is 9.78 Å². The van der Waals surface area contributed by atoms with Crippen LogP contribution in [0.25, 0.3) is 0 Å². The molecule has 1 atom stereocenters. The molecule has 34 heavy (non-hydrogen) atoms. The minimum atomic E-state index is -0.827. The Morgan fingerprint density at radius 2 is 1.97 bits per heavy atom. The smallest absolute Gasteiger partial charge is 0.328 e. The first-order chi connectivity index (χ1) is 16.4. The third-order valence-electron chi connectivity index (χ3n) is 5.89. The first-order valence-electron chi connectivity index (χ1n) is 11.6. The van der Waals surface area contributed by atoms with Gasteiger partial charge in [-0.15, -0.1) is 0 Å². The monoisotopic (exact) mass is 503 g/mol. The summed E-state index contributed by atoms with van der Waals surface area (Å²) in [5.41, 5.74) is 3.71. The van der Waals surface area contributed by atoms with Crippen molar-refractivity contribution in [3.8, 4) is 0 Å². The third kappa shape index (κ3) is 7.21. The number of nitrogens with one attached hydrogen (secondary N) is 2. The van der Waals surface area contributed by atoms with E-state index in [9.17, 15) is 9.59 Å². The van der Waals surface area contributed by atoms with Crippen LogP contribution in [0.2, 0.25) is 10.0 Å². The first kappa shape index (κ1) is 26.0. The predicted octanol–water partition coefficient (Wildman–Crippen LogP) is 5.77. The van der Waals surface area contributed by atoms with Gasteiger partial charge < -0.3 is 15.4 Å². The number of aromatic nitrogens is 1. The summed E-state index contributed by atoms with van der Waals surface area (Å²) in [5, 5.41) is 6.53. The Balaban J connectivity index is 1.50. The van der Waals surface area contributed by atoms with E-state index in [4.69, 9.17) is 32.9 Å². The zero-order chi connectivity index (χ0) is 24.5. The molecule has 8 heteroatoms. The Morgan fingerprint density at radius 3 is 2.71 bits per heavy atom. The number of amides is 1. The summed E-state index contributed by atoms with van der Waals surface area (Å²) in [6.45, 7) is 3.02. The van der Waals surface area contributed by atoms with Crippen LogP contribution in [0, 0.1) is 0 Å². The summed E-state index contributed by atoms with van der Waals surface area (Å²) < 4.78 is 4.87. The number of fused-ring (bicyclic) bond motifs is 1. The lowest BCUT2D eigenvalue weighted by Gasteiger charge is -2.17. The molecular weight excluding hydrogens is 473 g/mol. The molecule has 2 heterocycles. The maximum absolute atomic E-state index is 12.7. The van der Waals surface area contributed by atoms with E-state index in [0.717, 1.165) is 62.2 Å².